The molecule has 0 saturated carbocycles. The Bertz CT molecular complexity index is 657. The van der Waals surface area contributed by atoms with Crippen LogP contribution in [-0.2, 0) is 0 Å². The quantitative estimate of drug-likeness (QED) is 0.767. The Morgan fingerprint density at radius 2 is 1.90 bits per heavy atom. The van der Waals surface area contributed by atoms with E-state index in [0.717, 1.165) is 16.7 Å². The minimum Gasteiger partial charge on any atom is -0.459 e. The predicted octanol–water partition coefficient (Wildman–Crippen LogP) is 4.24. The van der Waals surface area contributed by atoms with E-state index in [1.165, 1.54) is 5.56 Å². The van der Waals surface area contributed by atoms with Gasteiger partial charge in [0.05, 0.1) is 6.04 Å². The lowest BCUT2D eigenvalue weighted by molar-refractivity contribution is 0.417. The molecule has 3 nitrogen and oxygen atoms in total. The highest BCUT2D eigenvalue weighted by Crippen LogP contribution is 2.25. The van der Waals surface area contributed by atoms with E-state index in [1.807, 2.05) is 30.5 Å². The lowest BCUT2D eigenvalue weighted by atomic mass is 10.1. The third-order valence-electron chi connectivity index (χ3n) is 3.56. The second-order valence-electron chi connectivity index (χ2n) is 5.08. The van der Waals surface area contributed by atoms with Gasteiger partial charge < -0.3 is 9.73 Å². The molecule has 3 aromatic rings. The van der Waals surface area contributed by atoms with Crippen molar-refractivity contribution in [2.24, 2.45) is 0 Å². The Morgan fingerprint density at radius 1 is 1.05 bits per heavy atom. The van der Waals surface area contributed by atoms with Crippen LogP contribution < -0.4 is 5.32 Å². The van der Waals surface area contributed by atoms with Crippen molar-refractivity contribution < 1.29 is 4.42 Å². The molecule has 1 unspecified atom stereocenters. The Morgan fingerprint density at radius 3 is 2.65 bits per heavy atom. The molecule has 0 spiro atoms. The van der Waals surface area contributed by atoms with Gasteiger partial charge in [-0.3, -0.25) is 4.98 Å². The third-order valence-corrected chi connectivity index (χ3v) is 3.56. The van der Waals surface area contributed by atoms with Gasteiger partial charge in [-0.1, -0.05) is 24.3 Å². The van der Waals surface area contributed by atoms with Crippen LogP contribution in [0.25, 0.3) is 11.0 Å². The Balaban J connectivity index is 1.77. The topological polar surface area (TPSA) is 38.1 Å². The number of nitrogens with one attached hydrogen (secondary N) is 1. The fourth-order valence-corrected chi connectivity index (χ4v) is 2.40. The number of furan rings is 1. The number of hydrogen-bond donors (Lipinski definition) is 1. The Kier molecular flexibility index (Phi) is 3.52. The monoisotopic (exact) mass is 266 g/mol. The van der Waals surface area contributed by atoms with E-state index >= 15 is 0 Å². The van der Waals surface area contributed by atoms with E-state index in [4.69, 9.17) is 4.42 Å². The molecule has 3 rings (SSSR count). The van der Waals surface area contributed by atoms with Gasteiger partial charge in [0, 0.05) is 23.8 Å². The molecule has 20 heavy (non-hydrogen) atoms. The molecule has 1 N–H and O–H groups in total. The second-order valence-corrected chi connectivity index (χ2v) is 5.08. The summed E-state index contributed by atoms with van der Waals surface area (Å²) in [5.41, 5.74) is 2.11. The second kappa shape index (κ2) is 5.47. The molecular formula is C17H18N2O. The van der Waals surface area contributed by atoms with Crippen LogP contribution in [0.3, 0.4) is 0 Å². The van der Waals surface area contributed by atoms with Crippen LogP contribution in [0, 0.1) is 0 Å². The molecule has 2 atom stereocenters. The number of rotatable bonds is 4. The van der Waals surface area contributed by atoms with Gasteiger partial charge in [0.15, 0.2) is 0 Å². The van der Waals surface area contributed by atoms with Crippen molar-refractivity contribution in [1.82, 2.24) is 10.3 Å². The number of nitrogens with zero attached hydrogens (tertiary/aromatic N) is 1. The zero-order valence-corrected chi connectivity index (χ0v) is 11.7. The van der Waals surface area contributed by atoms with Gasteiger partial charge in [0.25, 0.3) is 0 Å². The number of aromatic nitrogens is 1. The average molecular weight is 266 g/mol. The average Bonchev–Trinajstić information content (AvgIpc) is 2.92. The van der Waals surface area contributed by atoms with Crippen LogP contribution >= 0.6 is 0 Å². The zero-order valence-electron chi connectivity index (χ0n) is 11.7. The molecule has 3 heteroatoms. The van der Waals surface area contributed by atoms with Crippen LogP contribution in [0.1, 0.15) is 37.3 Å². The zero-order chi connectivity index (χ0) is 13.9. The number of hydrogen-bond acceptors (Lipinski definition) is 3. The van der Waals surface area contributed by atoms with Crippen LogP contribution in [0.2, 0.25) is 0 Å². The van der Waals surface area contributed by atoms with Gasteiger partial charge >= 0.3 is 0 Å². The molecule has 0 amide bonds. The lowest BCUT2D eigenvalue weighted by Crippen LogP contribution is -2.22. The molecule has 2 heterocycles. The minimum atomic E-state index is 0.151. The van der Waals surface area contributed by atoms with Crippen molar-refractivity contribution in [3.63, 3.8) is 0 Å². The summed E-state index contributed by atoms with van der Waals surface area (Å²) in [5.74, 6) is 0.960. The van der Waals surface area contributed by atoms with E-state index < -0.39 is 0 Å². The molecular weight excluding hydrogens is 248 g/mol. The van der Waals surface area contributed by atoms with Gasteiger partial charge in [-0.2, -0.15) is 0 Å². The van der Waals surface area contributed by atoms with Crippen LogP contribution in [0.5, 0.6) is 0 Å². The van der Waals surface area contributed by atoms with E-state index in [-0.39, 0.29) is 12.1 Å². The molecule has 0 fully saturated rings. The van der Waals surface area contributed by atoms with Crippen LogP contribution in [0.15, 0.2) is 59.3 Å². The highest BCUT2D eigenvalue weighted by atomic mass is 16.3. The SMILES string of the molecule is CC(N[C@H](C)c1cccnc1)c1cc2ccccc2o1. The molecule has 1 aromatic carbocycles. The first-order chi connectivity index (χ1) is 9.74. The predicted molar refractivity (Wildman–Crippen MR) is 80.4 cm³/mol. The van der Waals surface area contributed by atoms with Gasteiger partial charge in [0.1, 0.15) is 11.3 Å². The normalized spacial score (nSPS) is 14.3. The smallest absolute Gasteiger partial charge is 0.134 e. The fraction of sp³-hybridized carbons (Fsp3) is 0.235. The number of pyridine rings is 1. The maximum absolute atomic E-state index is 5.89. The Labute approximate surface area is 118 Å². The summed E-state index contributed by atoms with van der Waals surface area (Å²) in [4.78, 5) is 4.16. The van der Waals surface area contributed by atoms with Crippen molar-refractivity contribution in [2.45, 2.75) is 25.9 Å². The fourth-order valence-electron chi connectivity index (χ4n) is 2.40. The molecule has 0 aliphatic rings. The standard InChI is InChI=1S/C17H18N2O/c1-12(15-7-5-9-18-11-15)19-13(2)17-10-14-6-3-4-8-16(14)20-17/h3-13,19H,1-2H3/t12-,13?/m1/s1. The molecule has 0 aliphatic heterocycles. The van der Waals surface area contributed by atoms with Gasteiger partial charge in [-0.15, -0.1) is 0 Å². The summed E-state index contributed by atoms with van der Waals surface area (Å²) >= 11 is 0. The number of fused-ring (bicyclic) bond motifs is 1. The van der Waals surface area contributed by atoms with Crippen LogP contribution in [0.4, 0.5) is 0 Å². The van der Waals surface area contributed by atoms with Gasteiger partial charge in [-0.05, 0) is 37.6 Å². The molecule has 0 radical (unpaired) electrons. The first kappa shape index (κ1) is 12.9. The maximum Gasteiger partial charge on any atom is 0.134 e. The summed E-state index contributed by atoms with van der Waals surface area (Å²) in [5, 5.41) is 4.68. The lowest BCUT2D eigenvalue weighted by Gasteiger charge is -2.18. The van der Waals surface area contributed by atoms with Crippen molar-refractivity contribution in [3.8, 4) is 0 Å². The third kappa shape index (κ3) is 2.58. The minimum absolute atomic E-state index is 0.151. The maximum atomic E-state index is 5.89. The van der Waals surface area contributed by atoms with Crippen molar-refractivity contribution in [2.75, 3.05) is 0 Å². The van der Waals surface area contributed by atoms with E-state index in [2.05, 4.69) is 42.3 Å². The van der Waals surface area contributed by atoms with Crippen molar-refractivity contribution in [3.05, 3.63) is 66.2 Å². The summed E-state index contributed by atoms with van der Waals surface area (Å²) < 4.78 is 5.89. The summed E-state index contributed by atoms with van der Waals surface area (Å²) in [6.45, 7) is 4.25. The van der Waals surface area contributed by atoms with Gasteiger partial charge in [0.2, 0.25) is 0 Å². The summed E-state index contributed by atoms with van der Waals surface area (Å²) in [6.07, 6.45) is 3.68. The van der Waals surface area contributed by atoms with Gasteiger partial charge in [-0.25, -0.2) is 0 Å². The van der Waals surface area contributed by atoms with E-state index in [1.54, 1.807) is 6.20 Å². The number of para-hydroxylation sites is 1. The number of benzene rings is 1. The first-order valence-electron chi connectivity index (χ1n) is 6.88. The Hall–Kier alpha value is -2.13. The summed E-state index contributed by atoms with van der Waals surface area (Å²) in [6, 6.07) is 14.6. The summed E-state index contributed by atoms with van der Waals surface area (Å²) in [7, 11) is 0. The molecule has 0 saturated heterocycles. The molecule has 102 valence electrons. The molecule has 2 aromatic heterocycles. The largest absolute Gasteiger partial charge is 0.459 e. The van der Waals surface area contributed by atoms with E-state index in [9.17, 15) is 0 Å². The first-order valence-corrected chi connectivity index (χ1v) is 6.88. The highest BCUT2D eigenvalue weighted by molar-refractivity contribution is 5.77. The van der Waals surface area contributed by atoms with E-state index in [0.29, 0.717) is 0 Å². The molecule has 0 aliphatic carbocycles. The van der Waals surface area contributed by atoms with Crippen molar-refractivity contribution in [1.29, 1.82) is 0 Å². The molecule has 0 bridgehead atoms. The van der Waals surface area contributed by atoms with Crippen LogP contribution in [-0.4, -0.2) is 4.98 Å². The highest BCUT2D eigenvalue weighted by Gasteiger charge is 2.14. The van der Waals surface area contributed by atoms with Crippen molar-refractivity contribution >= 4 is 11.0 Å².